The number of alkyl halides is 3. The summed E-state index contributed by atoms with van der Waals surface area (Å²) in [6, 6.07) is 10.1. The molecule has 11 heteroatoms. The molecule has 0 bridgehead atoms. The third kappa shape index (κ3) is 8.76. The van der Waals surface area contributed by atoms with Crippen molar-refractivity contribution in [1.82, 2.24) is 14.8 Å². The SMILES string of the molecule is CCc1c(C#CC(C)(C)C)c(C(F)(F)F)nn1CC(=O)C[C@@H](Cc1cc(F)cc(F)c1)c1ncccc1-c1ccc(F)c(C(C)=O)c1. The molecule has 0 aliphatic carbocycles. The molecule has 4 rings (SSSR count). The zero-order valence-corrected chi connectivity index (χ0v) is 26.5. The van der Waals surface area contributed by atoms with Crippen molar-refractivity contribution in [3.05, 3.63) is 106 Å². The van der Waals surface area contributed by atoms with Crippen LogP contribution in [0, 0.1) is 34.7 Å². The van der Waals surface area contributed by atoms with E-state index in [2.05, 4.69) is 21.9 Å². The number of rotatable bonds is 10. The molecular formula is C36H33F6N3O2. The number of aromatic nitrogens is 3. The first-order chi connectivity index (χ1) is 22.0. The Bertz CT molecular complexity index is 1860. The Labute approximate surface area is 269 Å². The molecule has 0 N–H and O–H groups in total. The smallest absolute Gasteiger partial charge is 0.298 e. The van der Waals surface area contributed by atoms with Crippen LogP contribution >= 0.6 is 0 Å². The van der Waals surface area contributed by atoms with Gasteiger partial charge in [-0.2, -0.15) is 18.3 Å². The summed E-state index contributed by atoms with van der Waals surface area (Å²) in [5, 5.41) is 3.77. The monoisotopic (exact) mass is 653 g/mol. The molecule has 2 heterocycles. The maximum absolute atomic E-state index is 14.4. The molecule has 0 aliphatic rings. The van der Waals surface area contributed by atoms with Crippen molar-refractivity contribution in [2.45, 2.75) is 72.5 Å². The number of nitrogens with zero attached hydrogens (tertiary/aromatic N) is 3. The van der Waals surface area contributed by atoms with Gasteiger partial charge in [0.05, 0.1) is 29.1 Å². The van der Waals surface area contributed by atoms with Crippen LogP contribution in [0.4, 0.5) is 26.3 Å². The fourth-order valence-electron chi connectivity index (χ4n) is 5.30. The average molecular weight is 654 g/mol. The minimum atomic E-state index is -4.82. The Kier molecular flexibility index (Phi) is 10.4. The molecule has 2 aromatic carbocycles. The van der Waals surface area contributed by atoms with Gasteiger partial charge in [-0.3, -0.25) is 19.3 Å². The van der Waals surface area contributed by atoms with Crippen molar-refractivity contribution >= 4 is 11.6 Å². The van der Waals surface area contributed by atoms with Gasteiger partial charge in [0.2, 0.25) is 0 Å². The van der Waals surface area contributed by atoms with Gasteiger partial charge in [-0.25, -0.2) is 13.2 Å². The molecule has 0 fully saturated rings. The first-order valence-corrected chi connectivity index (χ1v) is 14.9. The van der Waals surface area contributed by atoms with Crippen molar-refractivity contribution < 1.29 is 35.9 Å². The first kappa shape index (κ1) is 35.1. The van der Waals surface area contributed by atoms with E-state index in [1.165, 1.54) is 25.3 Å². The lowest BCUT2D eigenvalue weighted by Crippen LogP contribution is -2.19. The largest absolute Gasteiger partial charge is 0.436 e. The molecule has 0 saturated carbocycles. The van der Waals surface area contributed by atoms with E-state index in [4.69, 9.17) is 0 Å². The normalized spacial score (nSPS) is 12.4. The number of halogens is 6. The Morgan fingerprint density at radius 3 is 2.26 bits per heavy atom. The van der Waals surface area contributed by atoms with E-state index in [-0.39, 0.29) is 41.6 Å². The molecule has 5 nitrogen and oxygen atoms in total. The summed E-state index contributed by atoms with van der Waals surface area (Å²) in [5.74, 6) is 1.21. The quantitative estimate of drug-likeness (QED) is 0.0978. The van der Waals surface area contributed by atoms with Gasteiger partial charge >= 0.3 is 6.18 Å². The lowest BCUT2D eigenvalue weighted by molar-refractivity contribution is -0.142. The molecule has 0 unspecified atom stereocenters. The highest BCUT2D eigenvalue weighted by molar-refractivity contribution is 5.95. The topological polar surface area (TPSA) is 64.8 Å². The molecule has 246 valence electrons. The molecule has 0 amide bonds. The number of hydrogen-bond donors (Lipinski definition) is 0. The lowest BCUT2D eigenvalue weighted by Gasteiger charge is -2.20. The van der Waals surface area contributed by atoms with Gasteiger partial charge in [0.25, 0.3) is 0 Å². The van der Waals surface area contributed by atoms with Crippen molar-refractivity contribution in [3.63, 3.8) is 0 Å². The summed E-state index contributed by atoms with van der Waals surface area (Å²) >= 11 is 0. The highest BCUT2D eigenvalue weighted by Crippen LogP contribution is 2.35. The van der Waals surface area contributed by atoms with Gasteiger partial charge in [0.15, 0.2) is 17.3 Å². The predicted molar refractivity (Wildman–Crippen MR) is 165 cm³/mol. The van der Waals surface area contributed by atoms with Gasteiger partial charge < -0.3 is 0 Å². The summed E-state index contributed by atoms with van der Waals surface area (Å²) in [6.45, 7) is 7.61. The standard InChI is InChI=1S/C36H33F6N3O2/c1-6-32-29(11-12-35(3,4)5)34(36(40,41)42)44-45(32)20-27(47)17-24(14-22-15-25(37)19-26(38)16-22)33-28(8-7-13-43-33)23-9-10-31(39)30(18-23)21(2)46/h7-10,13,15-16,18-19,24H,6,14,17,20H2,1-5H3/t24-/m1/s1. The molecule has 0 aliphatic heterocycles. The highest BCUT2D eigenvalue weighted by atomic mass is 19.4. The first-order valence-electron chi connectivity index (χ1n) is 14.9. The van der Waals surface area contributed by atoms with E-state index < -0.39 is 58.8 Å². The van der Waals surface area contributed by atoms with Gasteiger partial charge in [0, 0.05) is 35.6 Å². The van der Waals surface area contributed by atoms with Crippen molar-refractivity contribution in [1.29, 1.82) is 0 Å². The van der Waals surface area contributed by atoms with E-state index in [9.17, 15) is 35.9 Å². The Morgan fingerprint density at radius 1 is 0.979 bits per heavy atom. The van der Waals surface area contributed by atoms with Crippen LogP contribution in [0.1, 0.15) is 85.5 Å². The Morgan fingerprint density at radius 2 is 1.66 bits per heavy atom. The van der Waals surface area contributed by atoms with E-state index >= 15 is 0 Å². The van der Waals surface area contributed by atoms with Gasteiger partial charge in [-0.05, 0) is 82.0 Å². The molecule has 1 atom stereocenters. The summed E-state index contributed by atoms with van der Waals surface area (Å²) in [6.07, 6.45) is -3.61. The minimum absolute atomic E-state index is 0.0684. The van der Waals surface area contributed by atoms with E-state index in [0.29, 0.717) is 22.9 Å². The lowest BCUT2D eigenvalue weighted by atomic mass is 9.86. The second-order valence-electron chi connectivity index (χ2n) is 12.3. The minimum Gasteiger partial charge on any atom is -0.298 e. The van der Waals surface area contributed by atoms with Crippen molar-refractivity contribution in [2.24, 2.45) is 5.41 Å². The van der Waals surface area contributed by atoms with Crippen LogP contribution in [-0.4, -0.2) is 26.3 Å². The number of pyridine rings is 1. The molecule has 0 radical (unpaired) electrons. The highest BCUT2D eigenvalue weighted by Gasteiger charge is 2.39. The summed E-state index contributed by atoms with van der Waals surface area (Å²) in [5.41, 5.74) is -0.692. The van der Waals surface area contributed by atoms with Gasteiger partial charge in [-0.1, -0.05) is 30.9 Å². The van der Waals surface area contributed by atoms with E-state index in [1.807, 2.05) is 0 Å². The number of Topliss-reactive ketones (excluding diaryl/α,β-unsaturated/α-hetero) is 2. The molecule has 47 heavy (non-hydrogen) atoms. The van der Waals surface area contributed by atoms with Crippen molar-refractivity contribution in [3.8, 4) is 23.0 Å². The van der Waals surface area contributed by atoms with Crippen LogP contribution in [0.5, 0.6) is 0 Å². The third-order valence-corrected chi connectivity index (χ3v) is 7.31. The maximum atomic E-state index is 14.4. The second kappa shape index (κ2) is 14.0. The molecule has 4 aromatic rings. The van der Waals surface area contributed by atoms with Gasteiger partial charge in [-0.15, -0.1) is 0 Å². The molecule has 0 saturated heterocycles. The number of ketones is 2. The molecule has 2 aromatic heterocycles. The third-order valence-electron chi connectivity index (χ3n) is 7.31. The van der Waals surface area contributed by atoms with E-state index in [1.54, 1.807) is 39.8 Å². The van der Waals surface area contributed by atoms with Crippen LogP contribution in [0.25, 0.3) is 11.1 Å². The Balaban J connectivity index is 1.78. The van der Waals surface area contributed by atoms with Crippen molar-refractivity contribution in [2.75, 3.05) is 0 Å². The van der Waals surface area contributed by atoms with E-state index in [0.717, 1.165) is 22.9 Å². The maximum Gasteiger partial charge on any atom is 0.436 e. The zero-order chi connectivity index (χ0) is 34.7. The van der Waals surface area contributed by atoms with Crippen LogP contribution in [-0.2, 0) is 30.4 Å². The fourth-order valence-corrected chi connectivity index (χ4v) is 5.30. The van der Waals surface area contributed by atoms with Crippen LogP contribution in [0.2, 0.25) is 0 Å². The predicted octanol–water partition coefficient (Wildman–Crippen LogP) is 8.53. The number of carbonyl (C=O) groups excluding carboxylic acids is 2. The second-order valence-corrected chi connectivity index (χ2v) is 12.3. The summed E-state index contributed by atoms with van der Waals surface area (Å²) in [7, 11) is 0. The molecular weight excluding hydrogens is 620 g/mol. The van der Waals surface area contributed by atoms with Crippen LogP contribution in [0.15, 0.2) is 54.7 Å². The van der Waals surface area contributed by atoms with Gasteiger partial charge in [0.1, 0.15) is 17.5 Å². The summed E-state index contributed by atoms with van der Waals surface area (Å²) in [4.78, 5) is 30.2. The number of carbonyl (C=O) groups is 2. The van der Waals surface area contributed by atoms with Crippen LogP contribution in [0.3, 0.4) is 0 Å². The molecule has 0 spiro atoms. The average Bonchev–Trinajstić information content (AvgIpc) is 3.32. The summed E-state index contributed by atoms with van der Waals surface area (Å²) < 4.78 is 85.9. The fraction of sp³-hybridized carbons (Fsp3) is 0.333. The van der Waals surface area contributed by atoms with Crippen LogP contribution < -0.4 is 0 Å². The number of benzene rings is 2. The number of hydrogen-bond acceptors (Lipinski definition) is 4. The zero-order valence-electron chi connectivity index (χ0n) is 26.5. The Hall–Kier alpha value is -4.72.